The van der Waals surface area contributed by atoms with Crippen molar-refractivity contribution in [3.8, 4) is 5.75 Å². The van der Waals surface area contributed by atoms with E-state index in [-0.39, 0.29) is 6.04 Å². The second kappa shape index (κ2) is 5.10. The predicted octanol–water partition coefficient (Wildman–Crippen LogP) is 4.00. The Morgan fingerprint density at radius 2 is 2.18 bits per heavy atom. The molecule has 0 aliphatic rings. The highest BCUT2D eigenvalue weighted by molar-refractivity contribution is 9.10. The van der Waals surface area contributed by atoms with Crippen LogP contribution in [0.25, 0.3) is 11.0 Å². The Balaban J connectivity index is 2.46. The van der Waals surface area contributed by atoms with E-state index < -0.39 is 0 Å². The molecular weight excluding hydrogens is 282 g/mol. The average Bonchev–Trinajstić information content (AvgIpc) is 2.73. The van der Waals surface area contributed by atoms with E-state index in [1.165, 1.54) is 0 Å². The molecule has 0 fully saturated rings. The number of fused-ring (bicyclic) bond motifs is 1. The highest BCUT2D eigenvalue weighted by Crippen LogP contribution is 2.33. The molecule has 2 aromatic rings. The van der Waals surface area contributed by atoms with Crippen molar-refractivity contribution >= 4 is 26.9 Å². The van der Waals surface area contributed by atoms with Crippen molar-refractivity contribution in [1.29, 1.82) is 0 Å². The molecule has 0 aliphatic carbocycles. The highest BCUT2D eigenvalue weighted by atomic mass is 79.9. The summed E-state index contributed by atoms with van der Waals surface area (Å²) in [5, 5.41) is 1.01. The van der Waals surface area contributed by atoms with E-state index in [1.807, 2.05) is 18.2 Å². The second-order valence-corrected chi connectivity index (χ2v) is 4.93. The molecule has 0 bridgehead atoms. The fraction of sp³-hybridized carbons (Fsp3) is 0.385. The van der Waals surface area contributed by atoms with Gasteiger partial charge in [-0.2, -0.15) is 0 Å². The maximum atomic E-state index is 6.05. The molecule has 1 heterocycles. The van der Waals surface area contributed by atoms with Gasteiger partial charge in [0.25, 0.3) is 0 Å². The molecule has 2 N–H and O–H groups in total. The van der Waals surface area contributed by atoms with Crippen LogP contribution in [-0.2, 0) is 0 Å². The standard InChI is InChI=1S/C13H16BrNO2/c1-3-4-11(15)12-6-8-5-9(16-2)7-10(14)13(8)17-12/h5-7,11H,3-4,15H2,1-2H3. The van der Waals surface area contributed by atoms with Crippen molar-refractivity contribution in [3.05, 3.63) is 28.4 Å². The lowest BCUT2D eigenvalue weighted by Crippen LogP contribution is -2.08. The number of nitrogens with two attached hydrogens (primary N) is 1. The van der Waals surface area contributed by atoms with Crippen molar-refractivity contribution in [2.24, 2.45) is 5.73 Å². The molecule has 0 radical (unpaired) electrons. The Bertz CT molecular complexity index is 521. The van der Waals surface area contributed by atoms with Crippen LogP contribution in [-0.4, -0.2) is 7.11 Å². The minimum atomic E-state index is -0.0368. The molecule has 1 aromatic heterocycles. The summed E-state index contributed by atoms with van der Waals surface area (Å²) >= 11 is 3.48. The molecule has 92 valence electrons. The third-order valence-corrected chi connectivity index (χ3v) is 3.35. The number of hydrogen-bond acceptors (Lipinski definition) is 3. The number of methoxy groups -OCH3 is 1. The Morgan fingerprint density at radius 3 is 2.82 bits per heavy atom. The lowest BCUT2D eigenvalue weighted by Gasteiger charge is -2.05. The first-order valence-corrected chi connectivity index (χ1v) is 6.47. The van der Waals surface area contributed by atoms with Crippen LogP contribution in [0.4, 0.5) is 0 Å². The van der Waals surface area contributed by atoms with Gasteiger partial charge < -0.3 is 14.9 Å². The summed E-state index contributed by atoms with van der Waals surface area (Å²) in [5.41, 5.74) is 6.88. The number of rotatable bonds is 4. The molecule has 0 spiro atoms. The van der Waals surface area contributed by atoms with Crippen LogP contribution < -0.4 is 10.5 Å². The SMILES string of the molecule is CCCC(N)c1cc2cc(OC)cc(Br)c2o1. The molecule has 3 nitrogen and oxygen atoms in total. The van der Waals surface area contributed by atoms with E-state index in [2.05, 4.69) is 22.9 Å². The molecule has 0 saturated heterocycles. The largest absolute Gasteiger partial charge is 0.497 e. The Kier molecular flexibility index (Phi) is 3.74. The Labute approximate surface area is 109 Å². The van der Waals surface area contributed by atoms with E-state index in [9.17, 15) is 0 Å². The van der Waals surface area contributed by atoms with E-state index in [1.54, 1.807) is 7.11 Å². The molecule has 17 heavy (non-hydrogen) atoms. The average molecular weight is 298 g/mol. The summed E-state index contributed by atoms with van der Waals surface area (Å²) in [6.07, 6.45) is 1.97. The number of benzene rings is 1. The molecule has 0 saturated carbocycles. The molecule has 0 amide bonds. The highest BCUT2D eigenvalue weighted by Gasteiger charge is 2.14. The van der Waals surface area contributed by atoms with Gasteiger partial charge in [0.05, 0.1) is 17.6 Å². The first-order valence-electron chi connectivity index (χ1n) is 5.68. The monoisotopic (exact) mass is 297 g/mol. The first kappa shape index (κ1) is 12.5. The third-order valence-electron chi connectivity index (χ3n) is 2.76. The summed E-state index contributed by atoms with van der Waals surface area (Å²) in [4.78, 5) is 0. The molecule has 1 atom stereocenters. The topological polar surface area (TPSA) is 48.4 Å². The minimum absolute atomic E-state index is 0.0368. The van der Waals surface area contributed by atoms with E-state index in [0.29, 0.717) is 0 Å². The lowest BCUT2D eigenvalue weighted by molar-refractivity contribution is 0.415. The zero-order chi connectivity index (χ0) is 12.4. The molecule has 1 unspecified atom stereocenters. The van der Waals surface area contributed by atoms with Crippen molar-refractivity contribution in [3.63, 3.8) is 0 Å². The van der Waals surface area contributed by atoms with Crippen LogP contribution in [0.5, 0.6) is 5.75 Å². The van der Waals surface area contributed by atoms with Gasteiger partial charge in [0.15, 0.2) is 0 Å². The fourth-order valence-corrected chi connectivity index (χ4v) is 2.39. The van der Waals surface area contributed by atoms with Gasteiger partial charge in [0.2, 0.25) is 0 Å². The smallest absolute Gasteiger partial charge is 0.148 e. The van der Waals surface area contributed by atoms with Crippen molar-refractivity contribution in [1.82, 2.24) is 0 Å². The summed E-state index contributed by atoms with van der Waals surface area (Å²) in [6, 6.07) is 5.79. The third kappa shape index (κ3) is 2.48. The number of furan rings is 1. The van der Waals surface area contributed by atoms with E-state index in [0.717, 1.165) is 39.8 Å². The van der Waals surface area contributed by atoms with E-state index in [4.69, 9.17) is 14.9 Å². The van der Waals surface area contributed by atoms with Crippen LogP contribution in [0, 0.1) is 0 Å². The lowest BCUT2D eigenvalue weighted by atomic mass is 10.1. The predicted molar refractivity (Wildman–Crippen MR) is 72.3 cm³/mol. The summed E-state index contributed by atoms with van der Waals surface area (Å²) in [6.45, 7) is 2.11. The van der Waals surface area contributed by atoms with Crippen LogP contribution in [0.15, 0.2) is 27.1 Å². The maximum absolute atomic E-state index is 6.05. The number of hydrogen-bond donors (Lipinski definition) is 1. The van der Waals surface area contributed by atoms with Gasteiger partial charge in [0, 0.05) is 5.39 Å². The van der Waals surface area contributed by atoms with Gasteiger partial charge in [-0.15, -0.1) is 0 Å². The van der Waals surface area contributed by atoms with Gasteiger partial charge in [0.1, 0.15) is 17.1 Å². The Hall–Kier alpha value is -1.00. The Morgan fingerprint density at radius 1 is 1.41 bits per heavy atom. The van der Waals surface area contributed by atoms with Crippen molar-refractivity contribution in [2.75, 3.05) is 7.11 Å². The van der Waals surface area contributed by atoms with Crippen LogP contribution >= 0.6 is 15.9 Å². The first-order chi connectivity index (χ1) is 8.15. The van der Waals surface area contributed by atoms with Crippen LogP contribution in [0.2, 0.25) is 0 Å². The fourth-order valence-electron chi connectivity index (χ4n) is 1.86. The van der Waals surface area contributed by atoms with Crippen LogP contribution in [0.3, 0.4) is 0 Å². The summed E-state index contributed by atoms with van der Waals surface area (Å²) in [5.74, 6) is 1.64. The van der Waals surface area contributed by atoms with E-state index >= 15 is 0 Å². The maximum Gasteiger partial charge on any atom is 0.148 e. The summed E-state index contributed by atoms with van der Waals surface area (Å²) in [7, 11) is 1.65. The minimum Gasteiger partial charge on any atom is -0.497 e. The number of halogens is 1. The molecule has 4 heteroatoms. The van der Waals surface area contributed by atoms with Gasteiger partial charge in [-0.3, -0.25) is 0 Å². The second-order valence-electron chi connectivity index (χ2n) is 4.07. The molecule has 1 aromatic carbocycles. The quantitative estimate of drug-likeness (QED) is 0.928. The van der Waals surface area contributed by atoms with Gasteiger partial charge in [-0.05, 0) is 40.5 Å². The molecule has 2 rings (SSSR count). The van der Waals surface area contributed by atoms with Gasteiger partial charge >= 0.3 is 0 Å². The summed E-state index contributed by atoms with van der Waals surface area (Å²) < 4.78 is 11.9. The van der Waals surface area contributed by atoms with Crippen molar-refractivity contribution < 1.29 is 9.15 Å². The van der Waals surface area contributed by atoms with Gasteiger partial charge in [-0.1, -0.05) is 13.3 Å². The molecular formula is C13H16BrNO2. The van der Waals surface area contributed by atoms with Gasteiger partial charge in [-0.25, -0.2) is 0 Å². The molecule has 0 aliphatic heterocycles. The van der Waals surface area contributed by atoms with Crippen molar-refractivity contribution in [2.45, 2.75) is 25.8 Å². The normalized spacial score (nSPS) is 12.9. The zero-order valence-electron chi connectivity index (χ0n) is 10.00. The zero-order valence-corrected chi connectivity index (χ0v) is 11.6. The van der Waals surface area contributed by atoms with Crippen LogP contribution in [0.1, 0.15) is 31.6 Å². The number of ether oxygens (including phenoxy) is 1.